The van der Waals surface area contributed by atoms with Gasteiger partial charge in [-0.2, -0.15) is 0 Å². The molecule has 1 aliphatic heterocycles. The lowest BCUT2D eigenvalue weighted by Crippen LogP contribution is -2.32. The van der Waals surface area contributed by atoms with Gasteiger partial charge in [-0.25, -0.2) is 0 Å². The van der Waals surface area contributed by atoms with Crippen LogP contribution in [-0.4, -0.2) is 44.2 Å². The van der Waals surface area contributed by atoms with Gasteiger partial charge in [-0.05, 0) is 44.7 Å². The summed E-state index contributed by atoms with van der Waals surface area (Å²) in [6, 6.07) is 11.8. The van der Waals surface area contributed by atoms with Gasteiger partial charge in [0, 0.05) is 19.2 Å². The fourth-order valence-corrected chi connectivity index (χ4v) is 4.49. The fourth-order valence-electron chi connectivity index (χ4n) is 3.52. The molecule has 0 aliphatic carbocycles. The van der Waals surface area contributed by atoms with Crippen LogP contribution in [-0.2, 0) is 4.79 Å². The number of nitrogens with zero attached hydrogens (tertiary/aromatic N) is 5. The monoisotopic (exact) mass is 426 g/mol. The molecule has 1 amide bonds. The summed E-state index contributed by atoms with van der Waals surface area (Å²) in [5, 5.41) is 16.0. The van der Waals surface area contributed by atoms with Gasteiger partial charge in [0.1, 0.15) is 5.76 Å². The Kier molecular flexibility index (Phi) is 6.37. The van der Waals surface area contributed by atoms with Crippen LogP contribution in [0.2, 0.25) is 0 Å². The van der Waals surface area contributed by atoms with Crippen LogP contribution in [0.1, 0.15) is 38.4 Å². The molecule has 0 bridgehead atoms. The highest BCUT2D eigenvalue weighted by Gasteiger charge is 2.26. The molecule has 1 N–H and O–H groups in total. The molecule has 1 aromatic carbocycles. The average molecular weight is 427 g/mol. The normalized spacial score (nSPS) is 15.2. The number of amides is 1. The number of para-hydroxylation sites is 1. The lowest BCUT2D eigenvalue weighted by atomic mass is 10.1. The van der Waals surface area contributed by atoms with Gasteiger partial charge in [0.05, 0.1) is 10.9 Å². The zero-order chi connectivity index (χ0) is 20.9. The Labute approximate surface area is 180 Å². The summed E-state index contributed by atoms with van der Waals surface area (Å²) >= 11 is 1.42. The molecule has 1 aliphatic rings. The molecule has 3 heterocycles. The van der Waals surface area contributed by atoms with Crippen molar-refractivity contribution in [3.8, 4) is 5.69 Å². The van der Waals surface area contributed by atoms with Crippen molar-refractivity contribution in [2.45, 2.75) is 49.9 Å². The lowest BCUT2D eigenvalue weighted by molar-refractivity contribution is -0.115. The summed E-state index contributed by atoms with van der Waals surface area (Å²) in [7, 11) is 0. The Balaban J connectivity index is 1.60. The summed E-state index contributed by atoms with van der Waals surface area (Å²) in [6.45, 7) is 5.72. The Morgan fingerprint density at radius 1 is 1.20 bits per heavy atom. The highest BCUT2D eigenvalue weighted by atomic mass is 32.2. The molecule has 8 nitrogen and oxygen atoms in total. The molecule has 2 aromatic heterocycles. The van der Waals surface area contributed by atoms with E-state index in [1.165, 1.54) is 18.2 Å². The molecule has 1 unspecified atom stereocenters. The minimum atomic E-state index is -0.331. The van der Waals surface area contributed by atoms with Gasteiger partial charge in [-0.15, -0.1) is 10.2 Å². The maximum absolute atomic E-state index is 12.8. The van der Waals surface area contributed by atoms with Crippen LogP contribution >= 0.6 is 11.8 Å². The maximum atomic E-state index is 12.8. The topological polar surface area (TPSA) is 89.1 Å². The van der Waals surface area contributed by atoms with Crippen molar-refractivity contribution in [3.05, 3.63) is 42.2 Å². The zero-order valence-corrected chi connectivity index (χ0v) is 18.1. The van der Waals surface area contributed by atoms with E-state index in [9.17, 15) is 4.79 Å². The number of carbonyl (C=O) groups excluding carboxylic acids is 1. The number of hydrogen-bond acceptors (Lipinski definition) is 7. The number of carbonyl (C=O) groups is 1. The number of piperidine rings is 1. The predicted octanol–water partition coefficient (Wildman–Crippen LogP) is 4.06. The molecule has 1 saturated heterocycles. The number of aromatic nitrogens is 4. The summed E-state index contributed by atoms with van der Waals surface area (Å²) in [6.07, 6.45) is 4.20. The molecule has 0 radical (unpaired) electrons. The number of thioether (sulfide) groups is 1. The smallest absolute Gasteiger partial charge is 0.239 e. The van der Waals surface area contributed by atoms with Crippen molar-refractivity contribution in [2.24, 2.45) is 0 Å². The SMILES string of the molecule is CCC(Sc1nnc(N2CCCCC2)n1-c1ccccc1)C(=O)Nc1cc(C)on1. The lowest BCUT2D eigenvalue weighted by Gasteiger charge is -2.28. The quantitative estimate of drug-likeness (QED) is 0.570. The molecule has 4 rings (SSSR count). The van der Waals surface area contributed by atoms with Gasteiger partial charge in [0.2, 0.25) is 11.9 Å². The Morgan fingerprint density at radius 3 is 2.63 bits per heavy atom. The molecule has 0 spiro atoms. The minimum Gasteiger partial charge on any atom is -0.360 e. The summed E-state index contributed by atoms with van der Waals surface area (Å²) in [5.74, 6) is 1.79. The average Bonchev–Trinajstić information content (AvgIpc) is 3.39. The highest BCUT2D eigenvalue weighted by Crippen LogP contribution is 2.32. The number of rotatable bonds is 7. The van der Waals surface area contributed by atoms with E-state index in [1.807, 2.05) is 37.3 Å². The van der Waals surface area contributed by atoms with E-state index in [-0.39, 0.29) is 11.2 Å². The summed E-state index contributed by atoms with van der Waals surface area (Å²) < 4.78 is 7.10. The summed E-state index contributed by atoms with van der Waals surface area (Å²) in [5.41, 5.74) is 0.993. The second-order valence-corrected chi connectivity index (χ2v) is 8.50. The highest BCUT2D eigenvalue weighted by molar-refractivity contribution is 8.00. The number of hydrogen-bond donors (Lipinski definition) is 1. The Morgan fingerprint density at radius 2 is 1.97 bits per heavy atom. The second-order valence-electron chi connectivity index (χ2n) is 7.33. The number of nitrogens with one attached hydrogen (secondary N) is 1. The molecular formula is C21H26N6O2S. The second kappa shape index (κ2) is 9.34. The van der Waals surface area contributed by atoms with Crippen LogP contribution in [0.3, 0.4) is 0 Å². The zero-order valence-electron chi connectivity index (χ0n) is 17.2. The van der Waals surface area contributed by atoms with Gasteiger partial charge in [0.25, 0.3) is 0 Å². The van der Waals surface area contributed by atoms with Crippen molar-refractivity contribution in [1.82, 2.24) is 19.9 Å². The van der Waals surface area contributed by atoms with E-state index in [4.69, 9.17) is 4.52 Å². The first-order valence-corrected chi connectivity index (χ1v) is 11.2. The van der Waals surface area contributed by atoms with E-state index >= 15 is 0 Å². The van der Waals surface area contributed by atoms with Crippen molar-refractivity contribution < 1.29 is 9.32 Å². The van der Waals surface area contributed by atoms with Gasteiger partial charge in [0.15, 0.2) is 11.0 Å². The largest absolute Gasteiger partial charge is 0.360 e. The van der Waals surface area contributed by atoms with Crippen LogP contribution in [0.5, 0.6) is 0 Å². The molecule has 9 heteroatoms. The van der Waals surface area contributed by atoms with Crippen LogP contribution in [0.4, 0.5) is 11.8 Å². The van der Waals surface area contributed by atoms with E-state index in [0.717, 1.165) is 37.6 Å². The van der Waals surface area contributed by atoms with Crippen LogP contribution in [0.15, 0.2) is 46.1 Å². The Bertz CT molecular complexity index is 981. The fraction of sp³-hybridized carbons (Fsp3) is 0.429. The predicted molar refractivity (Wildman–Crippen MR) is 117 cm³/mol. The number of anilines is 2. The van der Waals surface area contributed by atoms with E-state index in [2.05, 4.69) is 30.1 Å². The van der Waals surface area contributed by atoms with Gasteiger partial charge in [-0.1, -0.05) is 42.0 Å². The van der Waals surface area contributed by atoms with Crippen LogP contribution < -0.4 is 10.2 Å². The molecule has 30 heavy (non-hydrogen) atoms. The first-order chi connectivity index (χ1) is 14.7. The third-order valence-electron chi connectivity index (χ3n) is 5.06. The molecule has 3 aromatic rings. The van der Waals surface area contributed by atoms with Gasteiger partial charge >= 0.3 is 0 Å². The third-order valence-corrected chi connectivity index (χ3v) is 6.37. The standard InChI is InChI=1S/C21H26N6O2S/c1-3-17(19(28)22-18-14-15(2)29-25-18)30-21-24-23-20(26-12-8-5-9-13-26)27(21)16-10-6-4-7-11-16/h4,6-7,10-11,14,17H,3,5,8-9,12-13H2,1-2H3,(H,22,25,28). The number of benzene rings is 1. The van der Waals surface area contributed by atoms with E-state index < -0.39 is 0 Å². The first kappa shape index (κ1) is 20.5. The van der Waals surface area contributed by atoms with Crippen LogP contribution in [0, 0.1) is 6.92 Å². The maximum Gasteiger partial charge on any atom is 0.239 e. The van der Waals surface area contributed by atoms with E-state index in [1.54, 1.807) is 13.0 Å². The summed E-state index contributed by atoms with van der Waals surface area (Å²) in [4.78, 5) is 15.1. The van der Waals surface area contributed by atoms with Crippen LogP contribution in [0.25, 0.3) is 5.69 Å². The molecule has 1 atom stereocenters. The number of aryl methyl sites for hydroxylation is 1. The molecule has 1 fully saturated rings. The van der Waals surface area contributed by atoms with Crippen molar-refractivity contribution >= 4 is 29.4 Å². The van der Waals surface area contributed by atoms with Gasteiger partial charge in [-0.3, -0.25) is 9.36 Å². The molecule has 158 valence electrons. The van der Waals surface area contributed by atoms with Crippen molar-refractivity contribution in [3.63, 3.8) is 0 Å². The Hall–Kier alpha value is -2.81. The van der Waals surface area contributed by atoms with E-state index in [0.29, 0.717) is 23.2 Å². The first-order valence-electron chi connectivity index (χ1n) is 10.3. The van der Waals surface area contributed by atoms with Gasteiger partial charge < -0.3 is 14.7 Å². The molecular weight excluding hydrogens is 400 g/mol. The van der Waals surface area contributed by atoms with Crippen molar-refractivity contribution in [1.29, 1.82) is 0 Å². The minimum absolute atomic E-state index is 0.127. The molecule has 0 saturated carbocycles. The third kappa shape index (κ3) is 4.51. The van der Waals surface area contributed by atoms with Crippen molar-refractivity contribution in [2.75, 3.05) is 23.3 Å².